The fourth-order valence-corrected chi connectivity index (χ4v) is 3.64. The van der Waals surface area contributed by atoms with E-state index < -0.39 is 5.41 Å². The summed E-state index contributed by atoms with van der Waals surface area (Å²) < 4.78 is 0. The number of hydrogen-bond acceptors (Lipinski definition) is 3. The third-order valence-electron chi connectivity index (χ3n) is 5.32. The molecule has 1 aliphatic heterocycles. The fourth-order valence-electron chi connectivity index (χ4n) is 3.64. The van der Waals surface area contributed by atoms with E-state index in [1.165, 1.54) is 5.56 Å². The van der Waals surface area contributed by atoms with Crippen LogP contribution in [0.1, 0.15) is 26.3 Å². The van der Waals surface area contributed by atoms with Crippen molar-refractivity contribution in [2.24, 2.45) is 5.41 Å². The third kappa shape index (κ3) is 5.32. The molecule has 0 aromatic heterocycles. The van der Waals surface area contributed by atoms with Gasteiger partial charge in [0.2, 0.25) is 5.91 Å². The van der Waals surface area contributed by atoms with E-state index in [0.29, 0.717) is 26.2 Å². The maximum Gasteiger partial charge on any atom is 0.322 e. The van der Waals surface area contributed by atoms with E-state index >= 15 is 0 Å². The molecule has 6 nitrogen and oxygen atoms in total. The standard InChI is InChI=1S/C24H32N4O2/c1-24(2,3)22(29)27-14-16-28(17-15-27)23(30)25-20-12-8-9-13-21(20)26(4)18-19-10-6-5-7-11-19/h5-13H,14-18H2,1-4H3,(H,25,30). The van der Waals surface area contributed by atoms with Gasteiger partial charge >= 0.3 is 6.03 Å². The molecule has 0 saturated carbocycles. The van der Waals surface area contributed by atoms with E-state index in [4.69, 9.17) is 0 Å². The highest BCUT2D eigenvalue weighted by Gasteiger charge is 2.31. The molecule has 30 heavy (non-hydrogen) atoms. The first-order chi connectivity index (χ1) is 14.3. The van der Waals surface area contributed by atoms with E-state index in [2.05, 4.69) is 22.3 Å². The number of piperazine rings is 1. The Morgan fingerprint density at radius 3 is 2.10 bits per heavy atom. The molecule has 0 radical (unpaired) electrons. The monoisotopic (exact) mass is 408 g/mol. The summed E-state index contributed by atoms with van der Waals surface area (Å²) >= 11 is 0. The van der Waals surface area contributed by atoms with Crippen molar-refractivity contribution in [3.63, 3.8) is 0 Å². The smallest absolute Gasteiger partial charge is 0.322 e. The van der Waals surface area contributed by atoms with E-state index in [9.17, 15) is 9.59 Å². The quantitative estimate of drug-likeness (QED) is 0.831. The van der Waals surface area contributed by atoms with Gasteiger partial charge in [0.15, 0.2) is 0 Å². The summed E-state index contributed by atoms with van der Waals surface area (Å²) in [7, 11) is 2.02. The van der Waals surface area contributed by atoms with E-state index in [0.717, 1.165) is 17.9 Å². The molecule has 3 amide bonds. The summed E-state index contributed by atoms with van der Waals surface area (Å²) in [6.45, 7) is 8.75. The fraction of sp³-hybridized carbons (Fsp3) is 0.417. The summed E-state index contributed by atoms with van der Waals surface area (Å²) in [4.78, 5) is 31.1. The first-order valence-corrected chi connectivity index (χ1v) is 10.4. The summed E-state index contributed by atoms with van der Waals surface area (Å²) in [5.41, 5.74) is 2.57. The largest absolute Gasteiger partial charge is 0.369 e. The lowest BCUT2D eigenvalue weighted by Gasteiger charge is -2.37. The second-order valence-corrected chi connectivity index (χ2v) is 8.82. The molecule has 2 aromatic carbocycles. The van der Waals surface area contributed by atoms with Gasteiger partial charge in [-0.15, -0.1) is 0 Å². The van der Waals surface area contributed by atoms with Gasteiger partial charge in [-0.05, 0) is 17.7 Å². The number of para-hydroxylation sites is 2. The molecule has 1 saturated heterocycles. The average molecular weight is 409 g/mol. The van der Waals surface area contributed by atoms with Crippen LogP contribution in [-0.2, 0) is 11.3 Å². The third-order valence-corrected chi connectivity index (χ3v) is 5.32. The molecular formula is C24H32N4O2. The molecule has 1 fully saturated rings. The minimum atomic E-state index is -0.396. The van der Waals surface area contributed by atoms with Gasteiger partial charge in [0, 0.05) is 45.2 Å². The molecule has 0 aliphatic carbocycles. The number of amides is 3. The van der Waals surface area contributed by atoms with Crippen LogP contribution in [-0.4, -0.2) is 55.0 Å². The number of urea groups is 1. The zero-order valence-corrected chi connectivity index (χ0v) is 18.4. The van der Waals surface area contributed by atoms with Crippen LogP contribution < -0.4 is 10.2 Å². The number of carbonyl (C=O) groups is 2. The number of nitrogens with one attached hydrogen (secondary N) is 1. The van der Waals surface area contributed by atoms with Crippen LogP contribution in [0.25, 0.3) is 0 Å². The molecule has 0 bridgehead atoms. The van der Waals surface area contributed by atoms with Crippen molar-refractivity contribution < 1.29 is 9.59 Å². The van der Waals surface area contributed by atoms with Gasteiger partial charge in [0.25, 0.3) is 0 Å². The van der Waals surface area contributed by atoms with Gasteiger partial charge in [-0.1, -0.05) is 63.2 Å². The molecule has 1 aliphatic rings. The Kier molecular flexibility index (Phi) is 6.65. The Bertz CT molecular complexity index is 868. The van der Waals surface area contributed by atoms with E-state index in [1.807, 2.05) is 75.2 Å². The van der Waals surface area contributed by atoms with E-state index in [1.54, 1.807) is 4.90 Å². The van der Waals surface area contributed by atoms with Crippen molar-refractivity contribution in [2.45, 2.75) is 27.3 Å². The summed E-state index contributed by atoms with van der Waals surface area (Å²) in [5.74, 6) is 0.135. The normalized spacial score (nSPS) is 14.4. The topological polar surface area (TPSA) is 55.9 Å². The molecule has 2 aromatic rings. The molecular weight excluding hydrogens is 376 g/mol. The molecule has 160 valence electrons. The second-order valence-electron chi connectivity index (χ2n) is 8.82. The highest BCUT2D eigenvalue weighted by molar-refractivity contribution is 5.93. The molecule has 6 heteroatoms. The summed E-state index contributed by atoms with van der Waals surface area (Å²) in [6, 6.07) is 18.0. The lowest BCUT2D eigenvalue weighted by Crippen LogP contribution is -2.53. The Labute approximate surface area is 179 Å². The predicted octanol–water partition coefficient (Wildman–Crippen LogP) is 4.05. The van der Waals surface area contributed by atoms with Gasteiger partial charge in [0.05, 0.1) is 11.4 Å². The van der Waals surface area contributed by atoms with Crippen LogP contribution in [0.2, 0.25) is 0 Å². The molecule has 0 spiro atoms. The first kappa shape index (κ1) is 21.7. The molecule has 1 heterocycles. The van der Waals surface area contributed by atoms with E-state index in [-0.39, 0.29) is 11.9 Å². The Balaban J connectivity index is 1.62. The van der Waals surface area contributed by atoms with Crippen LogP contribution in [0.3, 0.4) is 0 Å². The van der Waals surface area contributed by atoms with Gasteiger partial charge < -0.3 is 20.0 Å². The SMILES string of the molecule is CN(Cc1ccccc1)c1ccccc1NC(=O)N1CCN(C(=O)C(C)(C)C)CC1. The van der Waals surface area contributed by atoms with Gasteiger partial charge in [-0.2, -0.15) is 0 Å². The van der Waals surface area contributed by atoms with Crippen LogP contribution in [0, 0.1) is 5.41 Å². The van der Waals surface area contributed by atoms with Crippen molar-refractivity contribution in [3.05, 3.63) is 60.2 Å². The minimum absolute atomic E-state index is 0.126. The van der Waals surface area contributed by atoms with Crippen LogP contribution in [0.15, 0.2) is 54.6 Å². The van der Waals surface area contributed by atoms with Crippen molar-refractivity contribution >= 4 is 23.3 Å². The number of anilines is 2. The van der Waals surface area contributed by atoms with Crippen LogP contribution in [0.4, 0.5) is 16.2 Å². The van der Waals surface area contributed by atoms with Crippen LogP contribution in [0.5, 0.6) is 0 Å². The van der Waals surface area contributed by atoms with Crippen molar-refractivity contribution in [1.82, 2.24) is 9.80 Å². The molecule has 0 atom stereocenters. The van der Waals surface area contributed by atoms with Gasteiger partial charge in [-0.3, -0.25) is 4.79 Å². The highest BCUT2D eigenvalue weighted by atomic mass is 16.2. The number of rotatable bonds is 4. The number of hydrogen-bond donors (Lipinski definition) is 1. The number of nitrogens with zero attached hydrogens (tertiary/aromatic N) is 3. The maximum absolute atomic E-state index is 12.9. The zero-order valence-electron chi connectivity index (χ0n) is 18.4. The Morgan fingerprint density at radius 2 is 1.47 bits per heavy atom. The second kappa shape index (κ2) is 9.20. The van der Waals surface area contributed by atoms with Crippen molar-refractivity contribution in [3.8, 4) is 0 Å². The minimum Gasteiger partial charge on any atom is -0.369 e. The summed E-state index contributed by atoms with van der Waals surface area (Å²) in [5, 5.41) is 3.06. The summed E-state index contributed by atoms with van der Waals surface area (Å²) in [6.07, 6.45) is 0. The lowest BCUT2D eigenvalue weighted by molar-refractivity contribution is -0.140. The van der Waals surface area contributed by atoms with Crippen LogP contribution >= 0.6 is 0 Å². The zero-order chi connectivity index (χ0) is 21.7. The van der Waals surface area contributed by atoms with Gasteiger partial charge in [0.1, 0.15) is 0 Å². The lowest BCUT2D eigenvalue weighted by atomic mass is 9.94. The highest BCUT2D eigenvalue weighted by Crippen LogP contribution is 2.26. The average Bonchev–Trinajstić information content (AvgIpc) is 2.73. The molecule has 0 unspecified atom stereocenters. The maximum atomic E-state index is 12.9. The Morgan fingerprint density at radius 1 is 0.900 bits per heavy atom. The first-order valence-electron chi connectivity index (χ1n) is 10.4. The van der Waals surface area contributed by atoms with Crippen molar-refractivity contribution in [1.29, 1.82) is 0 Å². The predicted molar refractivity (Wildman–Crippen MR) is 122 cm³/mol. The molecule has 3 rings (SSSR count). The number of carbonyl (C=O) groups excluding carboxylic acids is 2. The Hall–Kier alpha value is -3.02. The molecule has 1 N–H and O–H groups in total. The van der Waals surface area contributed by atoms with Crippen molar-refractivity contribution in [2.75, 3.05) is 43.4 Å². The van der Waals surface area contributed by atoms with Gasteiger partial charge in [-0.25, -0.2) is 4.79 Å². The number of benzene rings is 2.